The quantitative estimate of drug-likeness (QED) is 0.772. The van der Waals surface area contributed by atoms with E-state index in [4.69, 9.17) is 5.73 Å². The van der Waals surface area contributed by atoms with Crippen LogP contribution in [-0.2, 0) is 16.0 Å². The van der Waals surface area contributed by atoms with Crippen LogP contribution in [0.5, 0.6) is 5.75 Å². The van der Waals surface area contributed by atoms with Gasteiger partial charge in [0.15, 0.2) is 0 Å². The molecule has 0 aliphatic carbocycles. The predicted octanol–water partition coefficient (Wildman–Crippen LogP) is 1.05. The molecule has 0 atom stereocenters. The third kappa shape index (κ3) is 4.99. The van der Waals surface area contributed by atoms with E-state index < -0.39 is 5.91 Å². The summed E-state index contributed by atoms with van der Waals surface area (Å²) in [6.07, 6.45) is 1.82. The summed E-state index contributed by atoms with van der Waals surface area (Å²) in [6.45, 7) is 2.44. The monoisotopic (exact) mass is 264 g/mol. The topological polar surface area (TPSA) is 83.6 Å². The maximum absolute atomic E-state index is 12.1. The maximum atomic E-state index is 12.1. The number of para-hydroxylation sites is 1. The van der Waals surface area contributed by atoms with Gasteiger partial charge in [0.2, 0.25) is 11.8 Å². The van der Waals surface area contributed by atoms with E-state index in [2.05, 4.69) is 0 Å². The molecule has 3 N–H and O–H groups in total. The van der Waals surface area contributed by atoms with Gasteiger partial charge in [0.25, 0.3) is 0 Å². The first-order chi connectivity index (χ1) is 9.04. The van der Waals surface area contributed by atoms with E-state index in [-0.39, 0.29) is 24.6 Å². The second kappa shape index (κ2) is 7.41. The predicted molar refractivity (Wildman–Crippen MR) is 72.5 cm³/mol. The Morgan fingerprint density at radius 3 is 2.58 bits per heavy atom. The van der Waals surface area contributed by atoms with Crippen molar-refractivity contribution in [2.45, 2.75) is 26.2 Å². The number of hydrogen-bond donors (Lipinski definition) is 2. The van der Waals surface area contributed by atoms with Crippen LogP contribution in [0.3, 0.4) is 0 Å². The summed E-state index contributed by atoms with van der Waals surface area (Å²) in [5, 5.41) is 9.64. The largest absolute Gasteiger partial charge is 0.508 e. The molecule has 0 aliphatic rings. The first kappa shape index (κ1) is 15.0. The fraction of sp³-hybridized carbons (Fsp3) is 0.429. The highest BCUT2D eigenvalue weighted by Crippen LogP contribution is 2.17. The SMILES string of the molecule is CCCCN(CC(N)=O)C(=O)Cc1ccccc1O. The number of hydrogen-bond acceptors (Lipinski definition) is 3. The lowest BCUT2D eigenvalue weighted by Gasteiger charge is -2.21. The van der Waals surface area contributed by atoms with E-state index in [1.54, 1.807) is 18.2 Å². The van der Waals surface area contributed by atoms with Crippen LogP contribution >= 0.6 is 0 Å². The number of amides is 2. The minimum atomic E-state index is -0.526. The van der Waals surface area contributed by atoms with Crippen LogP contribution in [-0.4, -0.2) is 34.9 Å². The molecule has 0 aliphatic heterocycles. The average Bonchev–Trinajstić information content (AvgIpc) is 2.36. The molecule has 0 unspecified atom stereocenters. The van der Waals surface area contributed by atoms with Gasteiger partial charge in [-0.05, 0) is 12.5 Å². The third-order valence-electron chi connectivity index (χ3n) is 2.81. The van der Waals surface area contributed by atoms with E-state index >= 15 is 0 Å². The van der Waals surface area contributed by atoms with E-state index in [9.17, 15) is 14.7 Å². The molecule has 1 aromatic carbocycles. The number of unbranched alkanes of at least 4 members (excludes halogenated alkanes) is 1. The van der Waals surface area contributed by atoms with Crippen LogP contribution in [0.1, 0.15) is 25.3 Å². The van der Waals surface area contributed by atoms with Gasteiger partial charge in [-0.15, -0.1) is 0 Å². The zero-order chi connectivity index (χ0) is 14.3. The summed E-state index contributed by atoms with van der Waals surface area (Å²) in [6, 6.07) is 6.68. The highest BCUT2D eigenvalue weighted by Gasteiger charge is 2.16. The lowest BCUT2D eigenvalue weighted by atomic mass is 10.1. The van der Waals surface area contributed by atoms with Gasteiger partial charge in [0, 0.05) is 12.1 Å². The number of aromatic hydroxyl groups is 1. The summed E-state index contributed by atoms with van der Waals surface area (Å²) in [5.41, 5.74) is 5.70. The summed E-state index contributed by atoms with van der Waals surface area (Å²) in [5.74, 6) is -0.638. The second-order valence-electron chi connectivity index (χ2n) is 4.44. The Morgan fingerprint density at radius 2 is 2.00 bits per heavy atom. The molecule has 0 saturated carbocycles. The van der Waals surface area contributed by atoms with Crippen molar-refractivity contribution in [1.82, 2.24) is 4.90 Å². The number of carbonyl (C=O) groups is 2. The number of benzene rings is 1. The standard InChI is InChI=1S/C14H20N2O3/c1-2-3-8-16(10-13(15)18)14(19)9-11-6-4-5-7-12(11)17/h4-7,17H,2-3,8-10H2,1H3,(H2,15,18). The van der Waals surface area contributed by atoms with Crippen LogP contribution in [0.2, 0.25) is 0 Å². The Kier molecular flexibility index (Phi) is 5.85. The van der Waals surface area contributed by atoms with Crippen molar-refractivity contribution in [1.29, 1.82) is 0 Å². The number of primary amides is 1. The van der Waals surface area contributed by atoms with Crippen LogP contribution in [0.15, 0.2) is 24.3 Å². The minimum Gasteiger partial charge on any atom is -0.508 e. The molecule has 0 saturated heterocycles. The molecule has 1 rings (SSSR count). The lowest BCUT2D eigenvalue weighted by molar-refractivity contribution is -0.134. The Bertz CT molecular complexity index is 446. The van der Waals surface area contributed by atoms with Crippen LogP contribution in [0.25, 0.3) is 0 Å². The lowest BCUT2D eigenvalue weighted by Crippen LogP contribution is -2.39. The van der Waals surface area contributed by atoms with Crippen molar-refractivity contribution < 1.29 is 14.7 Å². The summed E-state index contributed by atoms with van der Waals surface area (Å²) >= 11 is 0. The van der Waals surface area contributed by atoms with Gasteiger partial charge >= 0.3 is 0 Å². The molecule has 104 valence electrons. The highest BCUT2D eigenvalue weighted by atomic mass is 16.3. The molecule has 0 aromatic heterocycles. The van der Waals surface area contributed by atoms with Crippen molar-refractivity contribution in [2.24, 2.45) is 5.73 Å². The molecule has 0 fully saturated rings. The normalized spacial score (nSPS) is 10.2. The minimum absolute atomic E-state index is 0.0731. The number of phenols is 1. The zero-order valence-electron chi connectivity index (χ0n) is 11.1. The molecule has 0 heterocycles. The van der Waals surface area contributed by atoms with E-state index in [0.717, 1.165) is 12.8 Å². The average molecular weight is 264 g/mol. The van der Waals surface area contributed by atoms with Crippen LogP contribution in [0, 0.1) is 0 Å². The smallest absolute Gasteiger partial charge is 0.237 e. The number of nitrogens with two attached hydrogens (primary N) is 1. The Morgan fingerprint density at radius 1 is 1.32 bits per heavy atom. The number of phenolic OH excluding ortho intramolecular Hbond substituents is 1. The second-order valence-corrected chi connectivity index (χ2v) is 4.44. The van der Waals surface area contributed by atoms with Gasteiger partial charge in [-0.3, -0.25) is 9.59 Å². The molecule has 19 heavy (non-hydrogen) atoms. The highest BCUT2D eigenvalue weighted by molar-refractivity contribution is 5.85. The molecule has 0 bridgehead atoms. The molecule has 2 amide bonds. The van der Waals surface area contributed by atoms with Crippen molar-refractivity contribution in [3.05, 3.63) is 29.8 Å². The van der Waals surface area contributed by atoms with E-state index in [0.29, 0.717) is 12.1 Å². The van der Waals surface area contributed by atoms with E-state index in [1.807, 2.05) is 6.92 Å². The van der Waals surface area contributed by atoms with Gasteiger partial charge in [0.05, 0.1) is 13.0 Å². The summed E-state index contributed by atoms with van der Waals surface area (Å²) in [7, 11) is 0. The molecule has 5 heteroatoms. The van der Waals surface area contributed by atoms with Crippen molar-refractivity contribution in [3.8, 4) is 5.75 Å². The fourth-order valence-electron chi connectivity index (χ4n) is 1.76. The van der Waals surface area contributed by atoms with Crippen molar-refractivity contribution >= 4 is 11.8 Å². The Balaban J connectivity index is 2.70. The molecule has 0 spiro atoms. The van der Waals surface area contributed by atoms with Gasteiger partial charge < -0.3 is 15.7 Å². The first-order valence-electron chi connectivity index (χ1n) is 6.37. The fourth-order valence-corrected chi connectivity index (χ4v) is 1.76. The van der Waals surface area contributed by atoms with E-state index in [1.165, 1.54) is 11.0 Å². The van der Waals surface area contributed by atoms with Crippen LogP contribution in [0.4, 0.5) is 0 Å². The summed E-state index contributed by atoms with van der Waals surface area (Å²) < 4.78 is 0. The van der Waals surface area contributed by atoms with Gasteiger partial charge in [-0.1, -0.05) is 31.5 Å². The molecular weight excluding hydrogens is 244 g/mol. The Labute approximate surface area is 113 Å². The Hall–Kier alpha value is -2.04. The van der Waals surface area contributed by atoms with Crippen LogP contribution < -0.4 is 5.73 Å². The third-order valence-corrected chi connectivity index (χ3v) is 2.81. The number of nitrogens with zero attached hydrogens (tertiary/aromatic N) is 1. The summed E-state index contributed by atoms with van der Waals surface area (Å²) in [4.78, 5) is 24.5. The van der Waals surface area contributed by atoms with Gasteiger partial charge in [-0.25, -0.2) is 0 Å². The molecule has 5 nitrogen and oxygen atoms in total. The maximum Gasteiger partial charge on any atom is 0.237 e. The van der Waals surface area contributed by atoms with Gasteiger partial charge in [0.1, 0.15) is 5.75 Å². The van der Waals surface area contributed by atoms with Crippen molar-refractivity contribution in [2.75, 3.05) is 13.1 Å². The molecule has 0 radical (unpaired) electrons. The zero-order valence-corrected chi connectivity index (χ0v) is 11.1. The number of rotatable bonds is 7. The first-order valence-corrected chi connectivity index (χ1v) is 6.37. The van der Waals surface area contributed by atoms with Gasteiger partial charge in [-0.2, -0.15) is 0 Å². The molecular formula is C14H20N2O3. The van der Waals surface area contributed by atoms with Crippen molar-refractivity contribution in [3.63, 3.8) is 0 Å². The number of carbonyl (C=O) groups excluding carboxylic acids is 2. The molecule has 1 aromatic rings.